The Labute approximate surface area is 120 Å². The van der Waals surface area contributed by atoms with Crippen molar-refractivity contribution in [1.29, 1.82) is 0 Å². The van der Waals surface area contributed by atoms with E-state index >= 15 is 0 Å². The highest BCUT2D eigenvalue weighted by Gasteiger charge is 2.12. The number of hydrogen-bond donors (Lipinski definition) is 0. The molecule has 0 amide bonds. The molecule has 0 radical (unpaired) electrons. The second-order valence-electron chi connectivity index (χ2n) is 5.28. The van der Waals surface area contributed by atoms with E-state index in [1.165, 1.54) is 0 Å². The van der Waals surface area contributed by atoms with Crippen LogP contribution in [0.4, 0.5) is 0 Å². The van der Waals surface area contributed by atoms with E-state index in [4.69, 9.17) is 0 Å². The largest absolute Gasteiger partial charge is 0.295 e. The molecule has 0 saturated carbocycles. The molecule has 0 unspecified atom stereocenters. The first-order chi connectivity index (χ1) is 9.56. The van der Waals surface area contributed by atoms with E-state index in [0.717, 1.165) is 28.8 Å². The molecule has 0 N–H and O–H groups in total. The molecule has 0 bridgehead atoms. The summed E-state index contributed by atoms with van der Waals surface area (Å²) >= 11 is 0. The number of rotatable bonds is 5. The lowest BCUT2D eigenvalue weighted by molar-refractivity contribution is 0.0942. The van der Waals surface area contributed by atoms with E-state index in [0.29, 0.717) is 6.54 Å². The summed E-state index contributed by atoms with van der Waals surface area (Å²) < 4.78 is 0. The van der Waals surface area contributed by atoms with Crippen LogP contribution in [0.1, 0.15) is 27.0 Å². The molecule has 0 saturated heterocycles. The van der Waals surface area contributed by atoms with Gasteiger partial charge >= 0.3 is 0 Å². The number of ketones is 1. The molecule has 2 aromatic rings. The van der Waals surface area contributed by atoms with Crippen molar-refractivity contribution < 1.29 is 4.79 Å². The van der Waals surface area contributed by atoms with Gasteiger partial charge in [0.1, 0.15) is 0 Å². The highest BCUT2D eigenvalue weighted by molar-refractivity contribution is 5.99. The molecule has 2 rings (SSSR count). The van der Waals surface area contributed by atoms with Crippen LogP contribution < -0.4 is 0 Å². The van der Waals surface area contributed by atoms with Crippen molar-refractivity contribution in [2.75, 3.05) is 13.6 Å². The van der Waals surface area contributed by atoms with E-state index in [-0.39, 0.29) is 5.78 Å². The first-order valence-corrected chi connectivity index (χ1v) is 6.74. The predicted octanol–water partition coefficient (Wildman–Crippen LogP) is 3.01. The monoisotopic (exact) mass is 268 g/mol. The summed E-state index contributed by atoms with van der Waals surface area (Å²) in [6.45, 7) is 5.13. The lowest BCUT2D eigenvalue weighted by Gasteiger charge is -2.16. The lowest BCUT2D eigenvalue weighted by atomic mass is 10.0. The normalized spacial score (nSPS) is 10.8. The average Bonchev–Trinajstić information content (AvgIpc) is 2.42. The quantitative estimate of drug-likeness (QED) is 0.782. The molecule has 1 aromatic heterocycles. The molecule has 1 aromatic carbocycles. The summed E-state index contributed by atoms with van der Waals surface area (Å²) in [4.78, 5) is 18.5. The Morgan fingerprint density at radius 2 is 2.05 bits per heavy atom. The van der Waals surface area contributed by atoms with E-state index in [2.05, 4.69) is 4.98 Å². The molecule has 104 valence electrons. The highest BCUT2D eigenvalue weighted by atomic mass is 16.1. The minimum Gasteiger partial charge on any atom is -0.295 e. The predicted molar refractivity (Wildman–Crippen MR) is 80.8 cm³/mol. The van der Waals surface area contributed by atoms with Crippen LogP contribution in [0.3, 0.4) is 0 Å². The van der Waals surface area contributed by atoms with Gasteiger partial charge in [-0.3, -0.25) is 14.7 Å². The third kappa shape index (κ3) is 3.75. The SMILES string of the molecule is Cc1ccc(C)c(C(=O)CN(C)Cc2cccnc2)c1. The minimum atomic E-state index is 0.164. The van der Waals surface area contributed by atoms with Crippen molar-refractivity contribution >= 4 is 5.78 Å². The number of nitrogens with zero attached hydrogens (tertiary/aromatic N) is 2. The van der Waals surface area contributed by atoms with Gasteiger partial charge < -0.3 is 0 Å². The van der Waals surface area contributed by atoms with Crippen LogP contribution in [-0.2, 0) is 6.54 Å². The molecule has 0 fully saturated rings. The van der Waals surface area contributed by atoms with Gasteiger partial charge in [0, 0.05) is 24.5 Å². The number of Topliss-reactive ketones (excluding diaryl/α,β-unsaturated/α-hetero) is 1. The molecule has 1 heterocycles. The lowest BCUT2D eigenvalue weighted by Crippen LogP contribution is -2.26. The number of aryl methyl sites for hydroxylation is 2. The van der Waals surface area contributed by atoms with Gasteiger partial charge in [0.15, 0.2) is 5.78 Å². The van der Waals surface area contributed by atoms with Crippen LogP contribution in [0.2, 0.25) is 0 Å². The van der Waals surface area contributed by atoms with E-state index in [1.54, 1.807) is 6.20 Å². The van der Waals surface area contributed by atoms with Crippen LogP contribution in [0, 0.1) is 13.8 Å². The molecule has 0 aliphatic rings. The molecule has 0 aliphatic carbocycles. The van der Waals surface area contributed by atoms with Crippen LogP contribution in [-0.4, -0.2) is 29.3 Å². The van der Waals surface area contributed by atoms with Crippen LogP contribution in [0.25, 0.3) is 0 Å². The zero-order valence-electron chi connectivity index (χ0n) is 12.3. The van der Waals surface area contributed by atoms with Gasteiger partial charge in [-0.2, -0.15) is 0 Å². The van der Waals surface area contributed by atoms with Crippen molar-refractivity contribution in [3.8, 4) is 0 Å². The van der Waals surface area contributed by atoms with Crippen molar-refractivity contribution in [2.45, 2.75) is 20.4 Å². The summed E-state index contributed by atoms with van der Waals surface area (Å²) in [6, 6.07) is 9.94. The van der Waals surface area contributed by atoms with Crippen molar-refractivity contribution in [1.82, 2.24) is 9.88 Å². The number of benzene rings is 1. The number of carbonyl (C=O) groups is 1. The maximum absolute atomic E-state index is 12.4. The minimum absolute atomic E-state index is 0.164. The zero-order valence-corrected chi connectivity index (χ0v) is 12.3. The van der Waals surface area contributed by atoms with Crippen LogP contribution in [0.5, 0.6) is 0 Å². The summed E-state index contributed by atoms with van der Waals surface area (Å²) in [5, 5.41) is 0. The Morgan fingerprint density at radius 3 is 2.75 bits per heavy atom. The number of pyridine rings is 1. The topological polar surface area (TPSA) is 33.2 Å². The maximum atomic E-state index is 12.4. The van der Waals surface area contributed by atoms with Gasteiger partial charge in [-0.25, -0.2) is 0 Å². The van der Waals surface area contributed by atoms with Crippen LogP contribution in [0.15, 0.2) is 42.7 Å². The second kappa shape index (κ2) is 6.44. The molecule has 3 nitrogen and oxygen atoms in total. The Balaban J connectivity index is 2.02. The van der Waals surface area contributed by atoms with Crippen LogP contribution >= 0.6 is 0 Å². The summed E-state index contributed by atoms with van der Waals surface area (Å²) in [6.07, 6.45) is 3.59. The number of carbonyl (C=O) groups excluding carboxylic acids is 1. The molecule has 0 spiro atoms. The van der Waals surface area contributed by atoms with Gasteiger partial charge in [-0.15, -0.1) is 0 Å². The molecule has 0 aliphatic heterocycles. The Morgan fingerprint density at radius 1 is 1.25 bits per heavy atom. The Kier molecular flexibility index (Phi) is 4.64. The van der Waals surface area contributed by atoms with Gasteiger partial charge in [0.2, 0.25) is 0 Å². The molecule has 20 heavy (non-hydrogen) atoms. The van der Waals surface area contributed by atoms with Gasteiger partial charge in [-0.05, 0) is 44.2 Å². The van der Waals surface area contributed by atoms with E-state index in [9.17, 15) is 4.79 Å². The molecular weight excluding hydrogens is 248 g/mol. The summed E-state index contributed by atoms with van der Waals surface area (Å²) in [7, 11) is 1.95. The molecular formula is C17H20N2O. The molecule has 3 heteroatoms. The first-order valence-electron chi connectivity index (χ1n) is 6.74. The van der Waals surface area contributed by atoms with Gasteiger partial charge in [0.05, 0.1) is 6.54 Å². The summed E-state index contributed by atoms with van der Waals surface area (Å²) in [5.74, 6) is 0.164. The van der Waals surface area contributed by atoms with Crippen molar-refractivity contribution in [3.05, 3.63) is 65.0 Å². The smallest absolute Gasteiger partial charge is 0.177 e. The summed E-state index contributed by atoms with van der Waals surface area (Å²) in [5.41, 5.74) is 4.09. The fourth-order valence-electron chi connectivity index (χ4n) is 2.23. The fourth-order valence-corrected chi connectivity index (χ4v) is 2.23. The number of hydrogen-bond acceptors (Lipinski definition) is 3. The standard InChI is InChI=1S/C17H20N2O/c1-13-6-7-14(2)16(9-13)17(20)12-19(3)11-15-5-4-8-18-10-15/h4-10H,11-12H2,1-3H3. The van der Waals surface area contributed by atoms with E-state index < -0.39 is 0 Å². The average molecular weight is 268 g/mol. The van der Waals surface area contributed by atoms with Crippen molar-refractivity contribution in [3.63, 3.8) is 0 Å². The fraction of sp³-hybridized carbons (Fsp3) is 0.294. The number of likely N-dealkylation sites (N-methyl/N-ethyl adjacent to an activating group) is 1. The van der Waals surface area contributed by atoms with Crippen molar-refractivity contribution in [2.24, 2.45) is 0 Å². The van der Waals surface area contributed by atoms with Gasteiger partial charge in [-0.1, -0.05) is 23.8 Å². The second-order valence-corrected chi connectivity index (χ2v) is 5.28. The zero-order chi connectivity index (χ0) is 14.5. The third-order valence-corrected chi connectivity index (χ3v) is 3.28. The van der Waals surface area contributed by atoms with E-state index in [1.807, 2.05) is 62.3 Å². The first kappa shape index (κ1) is 14.4. The third-order valence-electron chi connectivity index (χ3n) is 3.28. The number of aromatic nitrogens is 1. The highest BCUT2D eigenvalue weighted by Crippen LogP contribution is 2.12. The molecule has 0 atom stereocenters. The Hall–Kier alpha value is -2.00. The maximum Gasteiger partial charge on any atom is 0.177 e. The Bertz CT molecular complexity index is 593. The van der Waals surface area contributed by atoms with Gasteiger partial charge in [0.25, 0.3) is 0 Å².